The van der Waals surface area contributed by atoms with E-state index in [-0.39, 0.29) is 0 Å². The number of amides is 1. The predicted octanol–water partition coefficient (Wildman–Crippen LogP) is 2.98. The summed E-state index contributed by atoms with van der Waals surface area (Å²) in [6.07, 6.45) is 10.8. The SMILES string of the molecule is O=C(C1CCCCC1)N1CCC(c2cccnc2)C1. The number of carbonyl (C=O) groups is 1. The molecule has 1 aromatic rings. The lowest BCUT2D eigenvalue weighted by atomic mass is 9.88. The summed E-state index contributed by atoms with van der Waals surface area (Å²) in [7, 11) is 0. The summed E-state index contributed by atoms with van der Waals surface area (Å²) in [6.45, 7) is 1.82. The van der Waals surface area contributed by atoms with E-state index in [9.17, 15) is 4.79 Å². The van der Waals surface area contributed by atoms with Gasteiger partial charge in [0.05, 0.1) is 0 Å². The molecule has 1 atom stereocenters. The maximum absolute atomic E-state index is 12.5. The van der Waals surface area contributed by atoms with Crippen LogP contribution in [0.5, 0.6) is 0 Å². The van der Waals surface area contributed by atoms with Gasteiger partial charge in [-0.05, 0) is 30.9 Å². The van der Waals surface area contributed by atoms with Crippen LogP contribution < -0.4 is 0 Å². The zero-order valence-electron chi connectivity index (χ0n) is 11.4. The van der Waals surface area contributed by atoms with Crippen LogP contribution in [0.2, 0.25) is 0 Å². The molecule has 3 rings (SSSR count). The Morgan fingerprint density at radius 1 is 1.21 bits per heavy atom. The molecule has 1 unspecified atom stereocenters. The molecule has 1 aliphatic carbocycles. The van der Waals surface area contributed by atoms with E-state index in [0.29, 0.717) is 17.7 Å². The molecule has 2 fully saturated rings. The second kappa shape index (κ2) is 5.72. The number of rotatable bonds is 2. The Morgan fingerprint density at radius 3 is 2.79 bits per heavy atom. The smallest absolute Gasteiger partial charge is 0.225 e. The van der Waals surface area contributed by atoms with Gasteiger partial charge in [-0.25, -0.2) is 0 Å². The van der Waals surface area contributed by atoms with Crippen LogP contribution in [0.25, 0.3) is 0 Å². The normalized spacial score (nSPS) is 24.6. The van der Waals surface area contributed by atoms with Crippen LogP contribution in [0.3, 0.4) is 0 Å². The van der Waals surface area contributed by atoms with Crippen molar-refractivity contribution in [1.82, 2.24) is 9.88 Å². The molecule has 1 aromatic heterocycles. The second-order valence-corrected chi connectivity index (χ2v) is 5.89. The summed E-state index contributed by atoms with van der Waals surface area (Å²) in [4.78, 5) is 18.8. The van der Waals surface area contributed by atoms with Gasteiger partial charge in [0.15, 0.2) is 0 Å². The minimum atomic E-state index is 0.307. The van der Waals surface area contributed by atoms with Gasteiger partial charge in [-0.3, -0.25) is 9.78 Å². The van der Waals surface area contributed by atoms with Crippen LogP contribution in [0.15, 0.2) is 24.5 Å². The first-order chi connectivity index (χ1) is 9.34. The zero-order chi connectivity index (χ0) is 13.1. The molecule has 1 aliphatic heterocycles. The lowest BCUT2D eigenvalue weighted by Gasteiger charge is -2.26. The van der Waals surface area contributed by atoms with Gasteiger partial charge in [0.1, 0.15) is 0 Å². The largest absolute Gasteiger partial charge is 0.342 e. The van der Waals surface area contributed by atoms with Gasteiger partial charge in [0, 0.05) is 37.3 Å². The molecule has 0 radical (unpaired) electrons. The Kier molecular flexibility index (Phi) is 3.81. The van der Waals surface area contributed by atoms with E-state index in [1.165, 1.54) is 24.8 Å². The number of likely N-dealkylation sites (tertiary alicyclic amines) is 1. The Labute approximate surface area is 115 Å². The lowest BCUT2D eigenvalue weighted by Crippen LogP contribution is -2.35. The minimum Gasteiger partial charge on any atom is -0.342 e. The van der Waals surface area contributed by atoms with E-state index in [0.717, 1.165) is 32.4 Å². The van der Waals surface area contributed by atoms with Crippen LogP contribution in [-0.4, -0.2) is 28.9 Å². The molecule has 3 heteroatoms. The van der Waals surface area contributed by atoms with Crippen molar-refractivity contribution in [3.63, 3.8) is 0 Å². The van der Waals surface area contributed by atoms with E-state index >= 15 is 0 Å². The number of hydrogen-bond donors (Lipinski definition) is 0. The van der Waals surface area contributed by atoms with E-state index in [2.05, 4.69) is 16.0 Å². The third-order valence-electron chi connectivity index (χ3n) is 4.61. The molecule has 2 aliphatic rings. The molecule has 1 saturated heterocycles. The Hall–Kier alpha value is -1.38. The van der Waals surface area contributed by atoms with Crippen LogP contribution in [-0.2, 0) is 4.79 Å². The van der Waals surface area contributed by atoms with Crippen molar-refractivity contribution in [3.8, 4) is 0 Å². The number of pyridine rings is 1. The second-order valence-electron chi connectivity index (χ2n) is 5.89. The van der Waals surface area contributed by atoms with Crippen LogP contribution in [0.1, 0.15) is 50.0 Å². The minimum absolute atomic E-state index is 0.307. The van der Waals surface area contributed by atoms with Crippen molar-refractivity contribution < 1.29 is 4.79 Å². The summed E-state index contributed by atoms with van der Waals surface area (Å²) >= 11 is 0. The van der Waals surface area contributed by atoms with Crippen molar-refractivity contribution in [1.29, 1.82) is 0 Å². The van der Waals surface area contributed by atoms with Crippen molar-refractivity contribution in [2.24, 2.45) is 5.92 Å². The fourth-order valence-electron chi connectivity index (χ4n) is 3.46. The molecular formula is C16H22N2O. The first-order valence-corrected chi connectivity index (χ1v) is 7.53. The highest BCUT2D eigenvalue weighted by molar-refractivity contribution is 5.79. The van der Waals surface area contributed by atoms with Gasteiger partial charge in [-0.1, -0.05) is 25.3 Å². The van der Waals surface area contributed by atoms with Gasteiger partial charge in [-0.2, -0.15) is 0 Å². The van der Waals surface area contributed by atoms with Crippen molar-refractivity contribution in [2.45, 2.75) is 44.4 Å². The van der Waals surface area contributed by atoms with Crippen molar-refractivity contribution in [3.05, 3.63) is 30.1 Å². The van der Waals surface area contributed by atoms with Gasteiger partial charge in [0.2, 0.25) is 5.91 Å². The Balaban J connectivity index is 1.61. The maximum Gasteiger partial charge on any atom is 0.225 e. The molecule has 1 amide bonds. The summed E-state index contributed by atoms with van der Waals surface area (Å²) in [5, 5.41) is 0. The predicted molar refractivity (Wildman–Crippen MR) is 74.8 cm³/mol. The fourth-order valence-corrected chi connectivity index (χ4v) is 3.46. The average Bonchev–Trinajstić information content (AvgIpc) is 2.98. The molecule has 3 nitrogen and oxygen atoms in total. The first kappa shape index (κ1) is 12.6. The molecule has 102 valence electrons. The number of nitrogens with zero attached hydrogens (tertiary/aromatic N) is 2. The fraction of sp³-hybridized carbons (Fsp3) is 0.625. The highest BCUT2D eigenvalue weighted by Gasteiger charge is 2.31. The molecule has 0 aromatic carbocycles. The van der Waals surface area contributed by atoms with Gasteiger partial charge < -0.3 is 4.90 Å². The van der Waals surface area contributed by atoms with Gasteiger partial charge in [-0.15, -0.1) is 0 Å². The third kappa shape index (κ3) is 2.80. The molecule has 1 saturated carbocycles. The Morgan fingerprint density at radius 2 is 2.05 bits per heavy atom. The van der Waals surface area contributed by atoms with Crippen LogP contribution in [0.4, 0.5) is 0 Å². The molecule has 0 spiro atoms. The average molecular weight is 258 g/mol. The quantitative estimate of drug-likeness (QED) is 0.817. The van der Waals surface area contributed by atoms with Crippen LogP contribution in [0, 0.1) is 5.92 Å². The van der Waals surface area contributed by atoms with E-state index < -0.39 is 0 Å². The van der Waals surface area contributed by atoms with E-state index in [1.54, 1.807) is 0 Å². The van der Waals surface area contributed by atoms with Gasteiger partial charge in [0.25, 0.3) is 0 Å². The molecule has 19 heavy (non-hydrogen) atoms. The third-order valence-corrected chi connectivity index (χ3v) is 4.61. The highest BCUT2D eigenvalue weighted by atomic mass is 16.2. The zero-order valence-corrected chi connectivity index (χ0v) is 11.4. The standard InChI is InChI=1S/C16H22N2O/c19-16(13-5-2-1-3-6-13)18-10-8-15(12-18)14-7-4-9-17-11-14/h4,7,9,11,13,15H,1-3,5-6,8,10,12H2. The summed E-state index contributed by atoms with van der Waals surface area (Å²) in [6, 6.07) is 4.12. The summed E-state index contributed by atoms with van der Waals surface area (Å²) in [5.74, 6) is 1.20. The molecule has 2 heterocycles. The molecular weight excluding hydrogens is 236 g/mol. The summed E-state index contributed by atoms with van der Waals surface area (Å²) in [5.41, 5.74) is 1.28. The number of carbonyl (C=O) groups excluding carboxylic acids is 1. The van der Waals surface area contributed by atoms with E-state index in [4.69, 9.17) is 0 Å². The summed E-state index contributed by atoms with van der Waals surface area (Å²) < 4.78 is 0. The van der Waals surface area contributed by atoms with Crippen molar-refractivity contribution >= 4 is 5.91 Å². The highest BCUT2D eigenvalue weighted by Crippen LogP contribution is 2.31. The molecule has 0 N–H and O–H groups in total. The Bertz CT molecular complexity index is 426. The number of aromatic nitrogens is 1. The van der Waals surface area contributed by atoms with Gasteiger partial charge >= 0.3 is 0 Å². The topological polar surface area (TPSA) is 33.2 Å². The lowest BCUT2D eigenvalue weighted by molar-refractivity contribution is -0.135. The molecule has 0 bridgehead atoms. The van der Waals surface area contributed by atoms with E-state index in [1.807, 2.05) is 18.5 Å². The van der Waals surface area contributed by atoms with Crippen molar-refractivity contribution in [2.75, 3.05) is 13.1 Å². The maximum atomic E-state index is 12.5. The first-order valence-electron chi connectivity index (χ1n) is 7.53. The van der Waals surface area contributed by atoms with Crippen LogP contribution >= 0.6 is 0 Å². The monoisotopic (exact) mass is 258 g/mol. The number of hydrogen-bond acceptors (Lipinski definition) is 2.